The Morgan fingerprint density at radius 2 is 2.05 bits per heavy atom. The highest BCUT2D eigenvalue weighted by Gasteiger charge is 2.43. The number of carbonyl (C=O) groups excluding carboxylic acids is 1. The van der Waals surface area contributed by atoms with Crippen LogP contribution in [0.4, 0.5) is 4.39 Å². The summed E-state index contributed by atoms with van der Waals surface area (Å²) in [5, 5.41) is 11.9. The minimum atomic E-state index is -0.783. The van der Waals surface area contributed by atoms with Gasteiger partial charge in [-0.2, -0.15) is 0 Å². The molecule has 1 saturated carbocycles. The number of carbonyl (C=O) groups is 1. The van der Waals surface area contributed by atoms with E-state index in [0.29, 0.717) is 0 Å². The van der Waals surface area contributed by atoms with Crippen LogP contribution in [-0.4, -0.2) is 16.1 Å². The van der Waals surface area contributed by atoms with Crippen LogP contribution < -0.4 is 10.8 Å². The summed E-state index contributed by atoms with van der Waals surface area (Å²) in [6, 6.07) is 11.1. The normalized spacial score (nSPS) is 15.4. The van der Waals surface area contributed by atoms with Gasteiger partial charge in [-0.1, -0.05) is 30.3 Å². The molecule has 114 valence electrons. The molecule has 1 heterocycles. The van der Waals surface area contributed by atoms with Gasteiger partial charge in [0.2, 0.25) is 0 Å². The lowest BCUT2D eigenvalue weighted by atomic mass is 10.0. The monoisotopic (exact) mass is 301 g/mol. The van der Waals surface area contributed by atoms with Crippen molar-refractivity contribution in [1.29, 1.82) is 0 Å². The second-order valence-electron chi connectivity index (χ2n) is 5.40. The van der Waals surface area contributed by atoms with Gasteiger partial charge in [0.25, 0.3) is 5.91 Å². The summed E-state index contributed by atoms with van der Waals surface area (Å²) in [7, 11) is 0. The maximum absolute atomic E-state index is 14.0. The highest BCUT2D eigenvalue weighted by atomic mass is 19.1. The first-order valence-electron chi connectivity index (χ1n) is 7.04. The number of nitrogens with one attached hydrogen (secondary N) is 2. The molecule has 1 aromatic carbocycles. The van der Waals surface area contributed by atoms with Crippen LogP contribution in [-0.2, 0) is 12.1 Å². The number of nitrogens with zero attached hydrogens (tertiary/aromatic N) is 1. The quantitative estimate of drug-likeness (QED) is 0.584. The number of amides is 1. The molecule has 0 aliphatic heterocycles. The van der Waals surface area contributed by atoms with Crippen molar-refractivity contribution in [3.63, 3.8) is 0 Å². The topological polar surface area (TPSA) is 74.2 Å². The number of aromatic nitrogens is 1. The van der Waals surface area contributed by atoms with Crippen molar-refractivity contribution in [3.8, 4) is 0 Å². The van der Waals surface area contributed by atoms with Crippen LogP contribution in [0.1, 0.15) is 34.5 Å². The van der Waals surface area contributed by atoms with Crippen molar-refractivity contribution in [1.82, 2.24) is 15.8 Å². The third-order valence-corrected chi connectivity index (χ3v) is 3.95. The molecule has 0 bridgehead atoms. The lowest BCUT2D eigenvalue weighted by molar-refractivity contribution is 0.0705. The van der Waals surface area contributed by atoms with Gasteiger partial charge in [-0.05, 0) is 24.5 Å². The van der Waals surface area contributed by atoms with Crippen LogP contribution >= 0.6 is 0 Å². The Bertz CT molecular complexity index is 687. The molecule has 6 heteroatoms. The minimum Gasteiger partial charge on any atom is -0.302 e. The minimum absolute atomic E-state index is 0.0204. The zero-order valence-corrected chi connectivity index (χ0v) is 11.8. The molecule has 1 fully saturated rings. The summed E-state index contributed by atoms with van der Waals surface area (Å²) in [5.74, 6) is -1.36. The van der Waals surface area contributed by atoms with Crippen molar-refractivity contribution >= 4 is 5.91 Å². The maximum Gasteiger partial charge on any atom is 0.276 e. The van der Waals surface area contributed by atoms with E-state index >= 15 is 0 Å². The Hall–Kier alpha value is -2.31. The van der Waals surface area contributed by atoms with E-state index in [4.69, 9.17) is 5.21 Å². The van der Waals surface area contributed by atoms with Crippen LogP contribution in [0.2, 0.25) is 0 Å². The second-order valence-corrected chi connectivity index (χ2v) is 5.40. The number of halogens is 1. The second kappa shape index (κ2) is 5.82. The van der Waals surface area contributed by atoms with Crippen molar-refractivity contribution in [3.05, 3.63) is 65.2 Å². The van der Waals surface area contributed by atoms with Gasteiger partial charge in [0.1, 0.15) is 5.82 Å². The summed E-state index contributed by atoms with van der Waals surface area (Å²) >= 11 is 0. The first-order chi connectivity index (χ1) is 10.6. The van der Waals surface area contributed by atoms with E-state index < -0.39 is 11.7 Å². The Kier molecular flexibility index (Phi) is 3.87. The predicted molar refractivity (Wildman–Crippen MR) is 77.6 cm³/mol. The summed E-state index contributed by atoms with van der Waals surface area (Å²) in [5.41, 5.74) is 2.77. The first-order valence-corrected chi connectivity index (χ1v) is 7.04. The van der Waals surface area contributed by atoms with Gasteiger partial charge >= 0.3 is 0 Å². The molecule has 0 atom stereocenters. The van der Waals surface area contributed by atoms with Crippen molar-refractivity contribution in [2.24, 2.45) is 0 Å². The summed E-state index contributed by atoms with van der Waals surface area (Å²) in [6.45, 7) is 0.280. The molecule has 0 radical (unpaired) electrons. The molecule has 22 heavy (non-hydrogen) atoms. The molecule has 0 saturated heterocycles. The van der Waals surface area contributed by atoms with E-state index in [1.807, 2.05) is 18.2 Å². The Labute approximate surface area is 127 Å². The highest BCUT2D eigenvalue weighted by Crippen LogP contribution is 2.45. The van der Waals surface area contributed by atoms with E-state index in [-0.39, 0.29) is 23.3 Å². The molecular weight excluding hydrogens is 285 g/mol. The molecular formula is C16H16FN3O2. The summed E-state index contributed by atoms with van der Waals surface area (Å²) in [6.07, 6.45) is 3.25. The van der Waals surface area contributed by atoms with Crippen LogP contribution in [0.5, 0.6) is 0 Å². The van der Waals surface area contributed by atoms with E-state index in [1.54, 1.807) is 0 Å². The third kappa shape index (κ3) is 2.84. The standard InChI is InChI=1S/C16H16FN3O2/c17-13-8-11(15(21)20-22)9-18-14(13)10-19-16(6-7-16)12-4-2-1-3-5-12/h1-5,8-9,19,22H,6-7,10H2,(H,20,21). The molecule has 0 unspecified atom stereocenters. The fraction of sp³-hybridized carbons (Fsp3) is 0.250. The van der Waals surface area contributed by atoms with Crippen LogP contribution in [0, 0.1) is 5.82 Å². The maximum atomic E-state index is 14.0. The van der Waals surface area contributed by atoms with E-state index in [2.05, 4.69) is 22.4 Å². The van der Waals surface area contributed by atoms with Gasteiger partial charge in [-0.3, -0.25) is 15.0 Å². The van der Waals surface area contributed by atoms with Gasteiger partial charge in [-0.25, -0.2) is 9.87 Å². The van der Waals surface area contributed by atoms with Gasteiger partial charge in [0.05, 0.1) is 11.3 Å². The predicted octanol–water partition coefficient (Wildman–Crippen LogP) is 2.12. The van der Waals surface area contributed by atoms with Gasteiger partial charge in [-0.15, -0.1) is 0 Å². The molecule has 1 aliphatic rings. The Morgan fingerprint density at radius 1 is 1.32 bits per heavy atom. The van der Waals surface area contributed by atoms with E-state index in [1.165, 1.54) is 17.2 Å². The lowest BCUT2D eigenvalue weighted by Crippen LogP contribution is -2.29. The van der Waals surface area contributed by atoms with Gasteiger partial charge in [0, 0.05) is 18.3 Å². The fourth-order valence-electron chi connectivity index (χ4n) is 2.49. The molecule has 3 rings (SSSR count). The SMILES string of the molecule is O=C(NO)c1cnc(CNC2(c3ccccc3)CC2)c(F)c1. The zero-order valence-electron chi connectivity index (χ0n) is 11.8. The first kappa shape index (κ1) is 14.6. The molecule has 0 spiro atoms. The Morgan fingerprint density at radius 3 is 2.64 bits per heavy atom. The number of hydrogen-bond acceptors (Lipinski definition) is 4. The largest absolute Gasteiger partial charge is 0.302 e. The van der Waals surface area contributed by atoms with Crippen molar-refractivity contribution in [2.75, 3.05) is 0 Å². The van der Waals surface area contributed by atoms with Crippen molar-refractivity contribution in [2.45, 2.75) is 24.9 Å². The fourth-order valence-corrected chi connectivity index (χ4v) is 2.49. The molecule has 2 aromatic rings. The van der Waals surface area contributed by atoms with Crippen LogP contribution in [0.15, 0.2) is 42.6 Å². The molecule has 1 amide bonds. The average molecular weight is 301 g/mol. The summed E-state index contributed by atoms with van der Waals surface area (Å²) in [4.78, 5) is 15.2. The molecule has 1 aliphatic carbocycles. The van der Waals surface area contributed by atoms with Gasteiger partial charge in [0.15, 0.2) is 0 Å². The smallest absolute Gasteiger partial charge is 0.276 e. The van der Waals surface area contributed by atoms with Crippen LogP contribution in [0.25, 0.3) is 0 Å². The zero-order chi connectivity index (χ0) is 15.6. The van der Waals surface area contributed by atoms with Gasteiger partial charge < -0.3 is 5.32 Å². The van der Waals surface area contributed by atoms with Crippen LogP contribution in [0.3, 0.4) is 0 Å². The highest BCUT2D eigenvalue weighted by molar-refractivity contribution is 5.92. The molecule has 3 N–H and O–H groups in total. The number of benzene rings is 1. The number of hydroxylamine groups is 1. The Balaban J connectivity index is 1.71. The lowest BCUT2D eigenvalue weighted by Gasteiger charge is -2.18. The number of hydrogen-bond donors (Lipinski definition) is 3. The van der Waals surface area contributed by atoms with E-state index in [0.717, 1.165) is 18.9 Å². The summed E-state index contributed by atoms with van der Waals surface area (Å²) < 4.78 is 14.0. The van der Waals surface area contributed by atoms with Crippen molar-refractivity contribution < 1.29 is 14.4 Å². The molecule has 5 nitrogen and oxygen atoms in total. The average Bonchev–Trinajstić information content (AvgIpc) is 3.35. The number of pyridine rings is 1. The van der Waals surface area contributed by atoms with E-state index in [9.17, 15) is 9.18 Å². The number of rotatable bonds is 5. The third-order valence-electron chi connectivity index (χ3n) is 3.95. The molecule has 1 aromatic heterocycles.